The van der Waals surface area contributed by atoms with Gasteiger partial charge < -0.3 is 15.0 Å². The van der Waals surface area contributed by atoms with Gasteiger partial charge in [0.2, 0.25) is 0 Å². The van der Waals surface area contributed by atoms with Crippen molar-refractivity contribution in [3.63, 3.8) is 0 Å². The summed E-state index contributed by atoms with van der Waals surface area (Å²) < 4.78 is 5.45. The zero-order valence-electron chi connectivity index (χ0n) is 10.4. The molecule has 1 N–H and O–H groups in total. The van der Waals surface area contributed by atoms with Gasteiger partial charge in [0.15, 0.2) is 0 Å². The average molecular weight is 253 g/mol. The van der Waals surface area contributed by atoms with Crippen LogP contribution < -0.4 is 5.32 Å². The van der Waals surface area contributed by atoms with Crippen molar-refractivity contribution in [2.45, 2.75) is 37.8 Å². The van der Waals surface area contributed by atoms with Crippen LogP contribution in [0.4, 0.5) is 4.79 Å². The van der Waals surface area contributed by atoms with Gasteiger partial charge in [0.05, 0.1) is 6.10 Å². The number of urea groups is 1. The summed E-state index contributed by atoms with van der Waals surface area (Å²) in [7, 11) is 0. The van der Waals surface area contributed by atoms with E-state index in [2.05, 4.69) is 15.3 Å². The van der Waals surface area contributed by atoms with Crippen molar-refractivity contribution in [1.29, 1.82) is 0 Å². The summed E-state index contributed by atoms with van der Waals surface area (Å²) in [6, 6.07) is 0.00195. The number of carbonyl (C=O) groups excluding carboxylic acids is 1. The zero-order chi connectivity index (χ0) is 12.8. The minimum absolute atomic E-state index is 0.0371. The number of nitrogens with zero attached hydrogens (tertiary/aromatic N) is 4. The third kappa shape index (κ3) is 3.51. The Hall–Kier alpha value is -1.46. The Morgan fingerprint density at radius 1 is 1.44 bits per heavy atom. The van der Waals surface area contributed by atoms with Crippen molar-refractivity contribution in [3.8, 4) is 0 Å². The maximum absolute atomic E-state index is 11.9. The van der Waals surface area contributed by atoms with Crippen molar-refractivity contribution in [3.05, 3.63) is 10.4 Å². The third-order valence-electron chi connectivity index (χ3n) is 3.47. The van der Waals surface area contributed by atoms with Crippen molar-refractivity contribution in [2.24, 2.45) is 5.11 Å². The van der Waals surface area contributed by atoms with Crippen LogP contribution in [0.3, 0.4) is 0 Å². The molecule has 2 rings (SSSR count). The molecule has 2 fully saturated rings. The van der Waals surface area contributed by atoms with E-state index in [4.69, 9.17) is 10.3 Å². The molecule has 2 aliphatic rings. The van der Waals surface area contributed by atoms with Gasteiger partial charge in [-0.1, -0.05) is 5.11 Å². The van der Waals surface area contributed by atoms with Crippen LogP contribution in [0, 0.1) is 0 Å². The highest BCUT2D eigenvalue weighted by Crippen LogP contribution is 2.14. The van der Waals surface area contributed by atoms with Gasteiger partial charge in [-0.15, -0.1) is 0 Å². The fourth-order valence-electron chi connectivity index (χ4n) is 2.38. The van der Waals surface area contributed by atoms with Gasteiger partial charge in [-0.25, -0.2) is 4.79 Å². The van der Waals surface area contributed by atoms with E-state index >= 15 is 0 Å². The first-order chi connectivity index (χ1) is 8.79. The summed E-state index contributed by atoms with van der Waals surface area (Å²) >= 11 is 0. The van der Waals surface area contributed by atoms with Crippen LogP contribution in [0.5, 0.6) is 0 Å². The van der Waals surface area contributed by atoms with Gasteiger partial charge in [-0.05, 0) is 31.2 Å². The van der Waals surface area contributed by atoms with E-state index in [0.29, 0.717) is 19.6 Å². The highest BCUT2D eigenvalue weighted by Gasteiger charge is 2.23. The summed E-state index contributed by atoms with van der Waals surface area (Å²) in [5.74, 6) is 0. The molecule has 2 aliphatic heterocycles. The third-order valence-corrected chi connectivity index (χ3v) is 3.47. The summed E-state index contributed by atoms with van der Waals surface area (Å²) in [4.78, 5) is 16.5. The van der Waals surface area contributed by atoms with E-state index in [1.165, 1.54) is 0 Å². The van der Waals surface area contributed by atoms with Crippen LogP contribution in [-0.4, -0.2) is 49.3 Å². The first kappa shape index (κ1) is 13.0. The van der Waals surface area contributed by atoms with Crippen molar-refractivity contribution in [1.82, 2.24) is 10.2 Å². The number of azide groups is 1. The van der Waals surface area contributed by atoms with Gasteiger partial charge in [-0.3, -0.25) is 0 Å². The molecule has 0 radical (unpaired) electrons. The molecule has 0 aromatic heterocycles. The molecule has 2 amide bonds. The van der Waals surface area contributed by atoms with Gasteiger partial charge in [0.1, 0.15) is 0 Å². The zero-order valence-corrected chi connectivity index (χ0v) is 10.4. The highest BCUT2D eigenvalue weighted by molar-refractivity contribution is 5.74. The van der Waals surface area contributed by atoms with E-state index in [9.17, 15) is 4.79 Å². The molecule has 0 aromatic carbocycles. The predicted octanol–water partition coefficient (Wildman–Crippen LogP) is 1.65. The molecule has 7 nitrogen and oxygen atoms in total. The van der Waals surface area contributed by atoms with E-state index in [0.717, 1.165) is 32.3 Å². The molecule has 0 bridgehead atoms. The first-order valence-corrected chi connectivity index (χ1v) is 6.48. The van der Waals surface area contributed by atoms with E-state index < -0.39 is 0 Å². The Kier molecular flexibility index (Phi) is 4.66. The van der Waals surface area contributed by atoms with Gasteiger partial charge in [0, 0.05) is 37.2 Å². The van der Waals surface area contributed by atoms with Crippen molar-refractivity contribution < 1.29 is 9.53 Å². The number of likely N-dealkylation sites (tertiary alicyclic amines) is 1. The second kappa shape index (κ2) is 6.47. The summed E-state index contributed by atoms with van der Waals surface area (Å²) in [5, 5.41) is 6.59. The van der Waals surface area contributed by atoms with E-state index in [-0.39, 0.29) is 18.2 Å². The SMILES string of the molecule is [N-]=[N+]=NC1CCN(C(=O)NCC2CCCO2)CC1. The van der Waals surface area contributed by atoms with Crippen LogP contribution in [0.15, 0.2) is 5.11 Å². The topological polar surface area (TPSA) is 90.3 Å². The van der Waals surface area contributed by atoms with E-state index in [1.807, 2.05) is 0 Å². The van der Waals surface area contributed by atoms with Gasteiger partial charge in [0.25, 0.3) is 0 Å². The summed E-state index contributed by atoms with van der Waals surface area (Å²) in [6.07, 6.45) is 3.78. The molecule has 7 heteroatoms. The lowest BCUT2D eigenvalue weighted by Crippen LogP contribution is -2.46. The Labute approximate surface area is 106 Å². The molecule has 100 valence electrons. The predicted molar refractivity (Wildman–Crippen MR) is 66.1 cm³/mol. The van der Waals surface area contributed by atoms with E-state index in [1.54, 1.807) is 4.90 Å². The number of carbonyl (C=O) groups is 1. The van der Waals surface area contributed by atoms with Crippen LogP contribution in [0.1, 0.15) is 25.7 Å². The summed E-state index contributed by atoms with van der Waals surface area (Å²) in [5.41, 5.74) is 8.35. The fourth-order valence-corrected chi connectivity index (χ4v) is 2.38. The van der Waals surface area contributed by atoms with Crippen LogP contribution in [-0.2, 0) is 4.74 Å². The number of piperidine rings is 1. The lowest BCUT2D eigenvalue weighted by Gasteiger charge is -2.30. The van der Waals surface area contributed by atoms with Crippen LogP contribution in [0.2, 0.25) is 0 Å². The second-order valence-corrected chi connectivity index (χ2v) is 4.74. The smallest absolute Gasteiger partial charge is 0.317 e. The number of amides is 2. The molecular formula is C11H19N5O2. The molecule has 2 saturated heterocycles. The molecule has 0 aromatic rings. The number of hydrogen-bond acceptors (Lipinski definition) is 3. The normalized spacial score (nSPS) is 24.7. The maximum atomic E-state index is 11.9. The minimum Gasteiger partial charge on any atom is -0.376 e. The quantitative estimate of drug-likeness (QED) is 0.470. The van der Waals surface area contributed by atoms with Crippen LogP contribution >= 0.6 is 0 Å². The Morgan fingerprint density at radius 2 is 2.22 bits per heavy atom. The molecule has 0 spiro atoms. The largest absolute Gasteiger partial charge is 0.376 e. The standard InChI is InChI=1S/C11H19N5O2/c12-15-14-9-3-5-16(6-4-9)11(17)13-8-10-2-1-7-18-10/h9-10H,1-8H2,(H,13,17). The Balaban J connectivity index is 1.68. The maximum Gasteiger partial charge on any atom is 0.317 e. The minimum atomic E-state index is -0.0371. The molecule has 0 saturated carbocycles. The molecule has 1 unspecified atom stereocenters. The molecule has 2 heterocycles. The number of ether oxygens (including phenoxy) is 1. The molecule has 1 atom stereocenters. The highest BCUT2D eigenvalue weighted by atomic mass is 16.5. The van der Waals surface area contributed by atoms with Crippen LogP contribution in [0.25, 0.3) is 10.4 Å². The number of rotatable bonds is 3. The lowest BCUT2D eigenvalue weighted by molar-refractivity contribution is 0.108. The average Bonchev–Trinajstić information content (AvgIpc) is 2.90. The fraction of sp³-hybridized carbons (Fsp3) is 0.909. The Bertz CT molecular complexity index is 328. The first-order valence-electron chi connectivity index (χ1n) is 6.48. The van der Waals surface area contributed by atoms with Crippen molar-refractivity contribution in [2.75, 3.05) is 26.2 Å². The summed E-state index contributed by atoms with van der Waals surface area (Å²) in [6.45, 7) is 2.70. The molecule has 0 aliphatic carbocycles. The monoisotopic (exact) mass is 253 g/mol. The molecule has 18 heavy (non-hydrogen) atoms. The Morgan fingerprint density at radius 3 is 2.83 bits per heavy atom. The lowest BCUT2D eigenvalue weighted by atomic mass is 10.1. The van der Waals surface area contributed by atoms with Crippen molar-refractivity contribution >= 4 is 6.03 Å². The number of hydrogen-bond donors (Lipinski definition) is 1. The second-order valence-electron chi connectivity index (χ2n) is 4.74. The van der Waals surface area contributed by atoms with Gasteiger partial charge >= 0.3 is 6.03 Å². The van der Waals surface area contributed by atoms with Gasteiger partial charge in [-0.2, -0.15) is 0 Å². The number of nitrogens with one attached hydrogen (secondary N) is 1. The molecular weight excluding hydrogens is 234 g/mol.